The minimum atomic E-state index is 0.500. The Labute approximate surface area is 99.6 Å². The molecule has 3 heteroatoms. The maximum Gasteiger partial charge on any atom is 0.106 e. The summed E-state index contributed by atoms with van der Waals surface area (Å²) in [5.41, 5.74) is 1.63. The summed E-state index contributed by atoms with van der Waals surface area (Å²) >= 11 is 3.34. The number of pyridine rings is 1. The molecule has 0 radical (unpaired) electrons. The van der Waals surface area contributed by atoms with Crippen molar-refractivity contribution in [2.24, 2.45) is 5.41 Å². The first-order valence-corrected chi connectivity index (χ1v) is 6.23. The molecule has 2 rings (SSSR count). The summed E-state index contributed by atoms with van der Waals surface area (Å²) in [4.78, 5) is 4.21. The van der Waals surface area contributed by atoms with Gasteiger partial charge in [0.2, 0.25) is 0 Å². The number of anilines is 1. The lowest BCUT2D eigenvalue weighted by Crippen LogP contribution is -2.17. The lowest BCUT2D eigenvalue weighted by atomic mass is 9.92. The zero-order chi connectivity index (χ0) is 10.9. The van der Waals surface area contributed by atoms with Crippen molar-refractivity contribution in [1.82, 2.24) is 4.98 Å². The van der Waals surface area contributed by atoms with E-state index in [9.17, 15) is 0 Å². The number of aromatic nitrogens is 1. The van der Waals surface area contributed by atoms with Crippen molar-refractivity contribution >= 4 is 21.6 Å². The first-order chi connectivity index (χ1) is 7.05. The third-order valence-electron chi connectivity index (χ3n) is 3.07. The fourth-order valence-corrected chi connectivity index (χ4v) is 2.49. The van der Waals surface area contributed by atoms with Crippen LogP contribution in [0.2, 0.25) is 0 Å². The van der Waals surface area contributed by atoms with Crippen LogP contribution in [0.3, 0.4) is 0 Å². The van der Waals surface area contributed by atoms with Gasteiger partial charge in [-0.05, 0) is 52.7 Å². The first-order valence-electron chi connectivity index (χ1n) is 5.43. The molecule has 1 unspecified atom stereocenters. The molecule has 1 aromatic rings. The molecule has 1 N–H and O–H groups in total. The summed E-state index contributed by atoms with van der Waals surface area (Å²) in [5, 5.41) is 3.54. The van der Waals surface area contributed by atoms with E-state index in [2.05, 4.69) is 46.1 Å². The maximum atomic E-state index is 4.21. The largest absolute Gasteiger partial charge is 0.381 e. The van der Waals surface area contributed by atoms with Crippen molar-refractivity contribution in [3.8, 4) is 0 Å². The van der Waals surface area contributed by atoms with Crippen molar-refractivity contribution in [3.05, 3.63) is 22.9 Å². The Morgan fingerprint density at radius 3 is 2.80 bits per heavy atom. The van der Waals surface area contributed by atoms with Crippen molar-refractivity contribution < 1.29 is 0 Å². The van der Waals surface area contributed by atoms with Gasteiger partial charge in [0.1, 0.15) is 4.60 Å². The molecule has 0 spiro atoms. The normalized spacial score (nSPS) is 24.1. The van der Waals surface area contributed by atoms with Gasteiger partial charge < -0.3 is 5.32 Å². The zero-order valence-corrected chi connectivity index (χ0v) is 10.8. The van der Waals surface area contributed by atoms with E-state index in [1.807, 2.05) is 12.3 Å². The monoisotopic (exact) mass is 268 g/mol. The fourth-order valence-electron chi connectivity index (χ4n) is 2.26. The van der Waals surface area contributed by atoms with E-state index in [1.165, 1.54) is 19.3 Å². The van der Waals surface area contributed by atoms with Crippen molar-refractivity contribution in [1.29, 1.82) is 0 Å². The van der Waals surface area contributed by atoms with Gasteiger partial charge >= 0.3 is 0 Å². The summed E-state index contributed by atoms with van der Waals surface area (Å²) < 4.78 is 0.889. The molecule has 1 aliphatic carbocycles. The molecule has 0 aliphatic heterocycles. The Morgan fingerprint density at radius 2 is 2.27 bits per heavy atom. The standard InChI is InChI=1S/C12H17BrN2/c1-12(2)6-5-9(7-12)15-10-3-4-11(13)14-8-10/h3-4,8-9,15H,5-7H2,1-2H3. The SMILES string of the molecule is CC1(C)CCC(Nc2ccc(Br)nc2)C1. The van der Waals surface area contributed by atoms with E-state index in [0.29, 0.717) is 11.5 Å². The molecule has 1 heterocycles. The zero-order valence-electron chi connectivity index (χ0n) is 9.26. The van der Waals surface area contributed by atoms with Crippen LogP contribution in [-0.2, 0) is 0 Å². The number of rotatable bonds is 2. The van der Waals surface area contributed by atoms with Gasteiger partial charge in [0.25, 0.3) is 0 Å². The fraction of sp³-hybridized carbons (Fsp3) is 0.583. The molecule has 1 fully saturated rings. The van der Waals surface area contributed by atoms with Crippen molar-refractivity contribution in [2.75, 3.05) is 5.32 Å². The average molecular weight is 269 g/mol. The topological polar surface area (TPSA) is 24.9 Å². The molecule has 0 aromatic carbocycles. The van der Waals surface area contributed by atoms with E-state index in [1.54, 1.807) is 0 Å². The van der Waals surface area contributed by atoms with Gasteiger partial charge in [0, 0.05) is 6.04 Å². The molecule has 0 saturated heterocycles. The Balaban J connectivity index is 1.96. The van der Waals surface area contributed by atoms with Crippen LogP contribution in [0.5, 0.6) is 0 Å². The van der Waals surface area contributed by atoms with Crippen LogP contribution in [-0.4, -0.2) is 11.0 Å². The molecule has 1 atom stereocenters. The minimum Gasteiger partial charge on any atom is -0.381 e. The van der Waals surface area contributed by atoms with Gasteiger partial charge in [0.05, 0.1) is 11.9 Å². The van der Waals surface area contributed by atoms with Crippen LogP contribution in [0.15, 0.2) is 22.9 Å². The molecule has 1 aromatic heterocycles. The Hall–Kier alpha value is -0.570. The van der Waals surface area contributed by atoms with Gasteiger partial charge in [-0.15, -0.1) is 0 Å². The lowest BCUT2D eigenvalue weighted by molar-refractivity contribution is 0.378. The van der Waals surface area contributed by atoms with E-state index in [-0.39, 0.29) is 0 Å². The van der Waals surface area contributed by atoms with Crippen molar-refractivity contribution in [2.45, 2.75) is 39.2 Å². The van der Waals surface area contributed by atoms with E-state index < -0.39 is 0 Å². The number of nitrogens with zero attached hydrogens (tertiary/aromatic N) is 1. The van der Waals surface area contributed by atoms with E-state index >= 15 is 0 Å². The van der Waals surface area contributed by atoms with Crippen LogP contribution in [0.25, 0.3) is 0 Å². The number of hydrogen-bond acceptors (Lipinski definition) is 2. The highest BCUT2D eigenvalue weighted by Gasteiger charge is 2.30. The van der Waals surface area contributed by atoms with Gasteiger partial charge in [-0.3, -0.25) is 0 Å². The maximum absolute atomic E-state index is 4.21. The lowest BCUT2D eigenvalue weighted by Gasteiger charge is -2.18. The average Bonchev–Trinajstić information content (AvgIpc) is 2.50. The number of halogens is 1. The van der Waals surface area contributed by atoms with Crippen LogP contribution >= 0.6 is 15.9 Å². The molecular formula is C12H17BrN2. The van der Waals surface area contributed by atoms with Crippen LogP contribution in [0.1, 0.15) is 33.1 Å². The second-order valence-corrected chi connectivity index (χ2v) is 5.93. The van der Waals surface area contributed by atoms with Crippen LogP contribution < -0.4 is 5.32 Å². The molecule has 1 saturated carbocycles. The van der Waals surface area contributed by atoms with E-state index in [0.717, 1.165) is 10.3 Å². The van der Waals surface area contributed by atoms with E-state index in [4.69, 9.17) is 0 Å². The molecule has 0 amide bonds. The van der Waals surface area contributed by atoms with Gasteiger partial charge in [-0.1, -0.05) is 13.8 Å². The highest BCUT2D eigenvalue weighted by molar-refractivity contribution is 9.10. The number of nitrogens with one attached hydrogen (secondary N) is 1. The highest BCUT2D eigenvalue weighted by atomic mass is 79.9. The third kappa shape index (κ3) is 2.94. The van der Waals surface area contributed by atoms with Gasteiger partial charge in [-0.25, -0.2) is 4.98 Å². The van der Waals surface area contributed by atoms with Crippen molar-refractivity contribution in [3.63, 3.8) is 0 Å². The molecule has 82 valence electrons. The second-order valence-electron chi connectivity index (χ2n) is 5.12. The van der Waals surface area contributed by atoms with Crippen LogP contribution in [0, 0.1) is 5.41 Å². The third-order valence-corrected chi connectivity index (χ3v) is 3.54. The quantitative estimate of drug-likeness (QED) is 0.825. The summed E-state index contributed by atoms with van der Waals surface area (Å²) in [6.07, 6.45) is 5.72. The molecule has 1 aliphatic rings. The smallest absolute Gasteiger partial charge is 0.106 e. The second kappa shape index (κ2) is 4.12. The molecule has 0 bridgehead atoms. The Morgan fingerprint density at radius 1 is 1.47 bits per heavy atom. The molecule has 2 nitrogen and oxygen atoms in total. The van der Waals surface area contributed by atoms with Gasteiger partial charge in [0.15, 0.2) is 0 Å². The minimum absolute atomic E-state index is 0.500. The summed E-state index contributed by atoms with van der Waals surface area (Å²) in [7, 11) is 0. The Kier molecular flexibility index (Phi) is 3.01. The summed E-state index contributed by atoms with van der Waals surface area (Å²) in [6, 6.07) is 4.66. The first kappa shape index (κ1) is 10.9. The van der Waals surface area contributed by atoms with Crippen LogP contribution in [0.4, 0.5) is 5.69 Å². The number of hydrogen-bond donors (Lipinski definition) is 1. The molecule has 15 heavy (non-hydrogen) atoms. The highest BCUT2D eigenvalue weighted by Crippen LogP contribution is 2.38. The predicted molar refractivity (Wildman–Crippen MR) is 67.0 cm³/mol. The van der Waals surface area contributed by atoms with Gasteiger partial charge in [-0.2, -0.15) is 0 Å². The summed E-state index contributed by atoms with van der Waals surface area (Å²) in [5.74, 6) is 0. The predicted octanol–water partition coefficient (Wildman–Crippen LogP) is 3.83. The summed E-state index contributed by atoms with van der Waals surface area (Å²) in [6.45, 7) is 4.68. The molecular weight excluding hydrogens is 252 g/mol. The Bertz CT molecular complexity index is 332.